The van der Waals surface area contributed by atoms with Gasteiger partial charge in [0.1, 0.15) is 11.5 Å². The second kappa shape index (κ2) is 11.9. The molecule has 7 aromatic rings. The third-order valence-electron chi connectivity index (χ3n) is 8.02. The van der Waals surface area contributed by atoms with Crippen molar-refractivity contribution in [2.75, 3.05) is 24.0 Å². The van der Waals surface area contributed by atoms with Crippen molar-refractivity contribution in [1.29, 1.82) is 0 Å². The summed E-state index contributed by atoms with van der Waals surface area (Å²) in [6, 6.07) is 55.1. The van der Waals surface area contributed by atoms with Crippen molar-refractivity contribution in [3.63, 3.8) is 0 Å². The lowest BCUT2D eigenvalue weighted by molar-refractivity contribution is 0.414. The zero-order valence-electron chi connectivity index (χ0n) is 24.7. The fourth-order valence-electron chi connectivity index (χ4n) is 5.99. The van der Waals surface area contributed by atoms with Gasteiger partial charge in [0.15, 0.2) is 0 Å². The highest BCUT2D eigenvalue weighted by atomic mass is 16.5. The molecule has 0 heterocycles. The summed E-state index contributed by atoms with van der Waals surface area (Å²) in [5.41, 5.74) is 6.33. The molecule has 0 N–H and O–H groups in total. The van der Waals surface area contributed by atoms with Crippen LogP contribution in [0.1, 0.15) is 0 Å². The van der Waals surface area contributed by atoms with Crippen molar-refractivity contribution < 1.29 is 9.47 Å². The lowest BCUT2D eigenvalue weighted by atomic mass is 9.95. The molecule has 214 valence electrons. The zero-order valence-corrected chi connectivity index (χ0v) is 24.7. The topological polar surface area (TPSA) is 24.9 Å². The minimum atomic E-state index is 0.814. The maximum absolute atomic E-state index is 5.55. The molecule has 0 aliphatic rings. The minimum absolute atomic E-state index is 0.814. The Bertz CT molecular complexity index is 1870. The third kappa shape index (κ3) is 4.87. The molecule has 0 saturated heterocycles. The van der Waals surface area contributed by atoms with Crippen molar-refractivity contribution in [2.45, 2.75) is 0 Å². The van der Waals surface area contributed by atoms with Crippen LogP contribution in [-0.4, -0.2) is 14.2 Å². The highest BCUT2D eigenvalue weighted by molar-refractivity contribution is 6.23. The van der Waals surface area contributed by atoms with Crippen molar-refractivity contribution in [3.05, 3.63) is 158 Å². The SMILES string of the molecule is COc1ccc(N(c2ccccc2)c2c(N(c3ccccc3)c3ccc(OC)cc3)c3ccccc3c3ccccc23)cc1. The van der Waals surface area contributed by atoms with Crippen LogP contribution >= 0.6 is 0 Å². The molecule has 0 radical (unpaired) electrons. The van der Waals surface area contributed by atoms with Gasteiger partial charge in [-0.2, -0.15) is 0 Å². The lowest BCUT2D eigenvalue weighted by Crippen LogP contribution is -2.18. The number of fused-ring (bicyclic) bond motifs is 3. The van der Waals surface area contributed by atoms with Crippen LogP contribution in [0.4, 0.5) is 34.1 Å². The summed E-state index contributed by atoms with van der Waals surface area (Å²) in [7, 11) is 3.40. The number of methoxy groups -OCH3 is 2. The number of nitrogens with zero attached hydrogens (tertiary/aromatic N) is 2. The molecular formula is C40H32N2O2. The summed E-state index contributed by atoms with van der Waals surface area (Å²) in [5.74, 6) is 1.63. The molecule has 4 heteroatoms. The average molecular weight is 573 g/mol. The first kappa shape index (κ1) is 27.1. The maximum Gasteiger partial charge on any atom is 0.119 e. The Morgan fingerprint density at radius 3 is 0.955 bits per heavy atom. The molecule has 0 aliphatic carbocycles. The second-order valence-electron chi connectivity index (χ2n) is 10.5. The first-order valence-electron chi connectivity index (χ1n) is 14.7. The smallest absolute Gasteiger partial charge is 0.119 e. The van der Waals surface area contributed by atoms with Crippen LogP contribution in [0, 0.1) is 0 Å². The van der Waals surface area contributed by atoms with E-state index in [4.69, 9.17) is 9.47 Å². The summed E-state index contributed by atoms with van der Waals surface area (Å²) in [6.45, 7) is 0. The van der Waals surface area contributed by atoms with Crippen LogP contribution in [0.25, 0.3) is 21.5 Å². The highest BCUT2D eigenvalue weighted by Crippen LogP contribution is 2.53. The Hall–Kier alpha value is -5.74. The molecule has 0 aromatic heterocycles. The van der Waals surface area contributed by atoms with Gasteiger partial charge in [-0.1, -0.05) is 84.9 Å². The Kier molecular flexibility index (Phi) is 7.31. The normalized spacial score (nSPS) is 11.0. The van der Waals surface area contributed by atoms with Gasteiger partial charge in [-0.3, -0.25) is 0 Å². The summed E-state index contributed by atoms with van der Waals surface area (Å²) in [4.78, 5) is 4.73. The first-order chi connectivity index (χ1) is 21.8. The highest BCUT2D eigenvalue weighted by Gasteiger charge is 2.27. The van der Waals surface area contributed by atoms with E-state index in [0.29, 0.717) is 0 Å². The number of hydrogen-bond donors (Lipinski definition) is 0. The molecule has 7 aromatic carbocycles. The van der Waals surface area contributed by atoms with E-state index in [9.17, 15) is 0 Å². The molecule has 0 unspecified atom stereocenters. The van der Waals surface area contributed by atoms with Crippen molar-refractivity contribution in [2.24, 2.45) is 0 Å². The van der Waals surface area contributed by atoms with Gasteiger partial charge in [0.25, 0.3) is 0 Å². The Labute approximate surface area is 257 Å². The van der Waals surface area contributed by atoms with Gasteiger partial charge < -0.3 is 19.3 Å². The molecule has 7 rings (SSSR count). The lowest BCUT2D eigenvalue weighted by Gasteiger charge is -2.35. The van der Waals surface area contributed by atoms with E-state index in [-0.39, 0.29) is 0 Å². The molecule has 0 spiro atoms. The van der Waals surface area contributed by atoms with E-state index in [0.717, 1.165) is 56.4 Å². The zero-order chi connectivity index (χ0) is 29.9. The number of anilines is 6. The molecule has 0 aliphatic heterocycles. The minimum Gasteiger partial charge on any atom is -0.497 e. The predicted molar refractivity (Wildman–Crippen MR) is 184 cm³/mol. The largest absolute Gasteiger partial charge is 0.497 e. The second-order valence-corrected chi connectivity index (χ2v) is 10.5. The van der Waals surface area contributed by atoms with E-state index >= 15 is 0 Å². The van der Waals surface area contributed by atoms with Crippen molar-refractivity contribution in [1.82, 2.24) is 0 Å². The van der Waals surface area contributed by atoms with Crippen LogP contribution in [0.15, 0.2) is 158 Å². The van der Waals surface area contributed by atoms with Crippen molar-refractivity contribution in [3.8, 4) is 11.5 Å². The fourth-order valence-corrected chi connectivity index (χ4v) is 5.99. The Morgan fingerprint density at radius 2 is 0.614 bits per heavy atom. The average Bonchev–Trinajstić information content (AvgIpc) is 3.11. The molecule has 4 nitrogen and oxygen atoms in total. The third-order valence-corrected chi connectivity index (χ3v) is 8.02. The number of ether oxygens (including phenoxy) is 2. The summed E-state index contributed by atoms with van der Waals surface area (Å²) >= 11 is 0. The molecule has 0 atom stereocenters. The van der Waals surface area contributed by atoms with Crippen LogP contribution in [-0.2, 0) is 0 Å². The van der Waals surface area contributed by atoms with E-state index < -0.39 is 0 Å². The van der Waals surface area contributed by atoms with Crippen LogP contribution in [0.3, 0.4) is 0 Å². The number of para-hydroxylation sites is 2. The van der Waals surface area contributed by atoms with Gasteiger partial charge in [-0.15, -0.1) is 0 Å². The molecule has 0 saturated carbocycles. The van der Waals surface area contributed by atoms with Gasteiger partial charge in [-0.25, -0.2) is 0 Å². The monoisotopic (exact) mass is 572 g/mol. The molecule has 44 heavy (non-hydrogen) atoms. The predicted octanol–water partition coefficient (Wildman–Crippen LogP) is 10.9. The quantitative estimate of drug-likeness (QED) is 0.134. The van der Waals surface area contributed by atoms with E-state index in [1.807, 2.05) is 24.3 Å². The molecule has 0 amide bonds. The fraction of sp³-hybridized carbons (Fsp3) is 0.0500. The summed E-state index contributed by atoms with van der Waals surface area (Å²) < 4.78 is 11.1. The summed E-state index contributed by atoms with van der Waals surface area (Å²) in [5, 5.41) is 4.68. The van der Waals surface area contributed by atoms with Crippen LogP contribution in [0.5, 0.6) is 11.5 Å². The van der Waals surface area contributed by atoms with Crippen LogP contribution < -0.4 is 19.3 Å². The number of benzene rings is 7. The van der Waals surface area contributed by atoms with Gasteiger partial charge >= 0.3 is 0 Å². The Morgan fingerprint density at radius 1 is 0.318 bits per heavy atom. The maximum atomic E-state index is 5.55. The molecule has 0 bridgehead atoms. The number of rotatable bonds is 8. The van der Waals surface area contributed by atoms with Gasteiger partial charge in [0.2, 0.25) is 0 Å². The van der Waals surface area contributed by atoms with E-state index in [1.54, 1.807) is 14.2 Å². The molecule has 0 fully saturated rings. The van der Waals surface area contributed by atoms with Gasteiger partial charge in [0.05, 0.1) is 25.6 Å². The first-order valence-corrected chi connectivity index (χ1v) is 14.7. The summed E-state index contributed by atoms with van der Waals surface area (Å²) in [6.07, 6.45) is 0. The van der Waals surface area contributed by atoms with Crippen molar-refractivity contribution >= 4 is 55.7 Å². The van der Waals surface area contributed by atoms with E-state index in [1.165, 1.54) is 10.8 Å². The molecular weight excluding hydrogens is 540 g/mol. The van der Waals surface area contributed by atoms with Gasteiger partial charge in [0, 0.05) is 33.5 Å². The van der Waals surface area contributed by atoms with Crippen LogP contribution in [0.2, 0.25) is 0 Å². The number of hydrogen-bond acceptors (Lipinski definition) is 4. The Balaban J connectivity index is 1.65. The van der Waals surface area contributed by atoms with Gasteiger partial charge in [-0.05, 0) is 83.6 Å². The standard InChI is InChI=1S/C40H32N2O2/c1-43-33-25-21-31(22-26-33)41(29-13-5-3-6-14-29)39-37-19-11-9-17-35(37)36-18-10-12-20-38(36)40(39)42(30-15-7-4-8-16-30)32-23-27-34(44-2)28-24-32/h3-28H,1-2H3. The van der Waals surface area contributed by atoms with E-state index in [2.05, 4.69) is 143 Å².